The number of rotatable bonds is 7. The van der Waals surface area contributed by atoms with Gasteiger partial charge < -0.3 is 4.74 Å². The second kappa shape index (κ2) is 9.70. The molecule has 0 aliphatic carbocycles. The van der Waals surface area contributed by atoms with E-state index in [9.17, 15) is 12.8 Å². The molecule has 0 atom stereocenters. The van der Waals surface area contributed by atoms with Crippen molar-refractivity contribution in [2.24, 2.45) is 0 Å². The van der Waals surface area contributed by atoms with Crippen molar-refractivity contribution < 1.29 is 17.5 Å². The van der Waals surface area contributed by atoms with Crippen LogP contribution in [0.5, 0.6) is 0 Å². The minimum atomic E-state index is -3.29. The predicted molar refractivity (Wildman–Crippen MR) is 138 cm³/mol. The first-order valence-corrected chi connectivity index (χ1v) is 13.7. The van der Waals surface area contributed by atoms with Crippen molar-refractivity contribution in [1.29, 1.82) is 0 Å². The number of hydrogen-bond donors (Lipinski definition) is 0. The topological polar surface area (TPSA) is 56.3 Å². The first kappa shape index (κ1) is 23.4. The van der Waals surface area contributed by atoms with Crippen LogP contribution in [0.4, 0.5) is 4.39 Å². The van der Waals surface area contributed by atoms with E-state index in [-0.39, 0.29) is 10.7 Å². The SMILES string of the molecule is CS(=O)(=O)c1ccc(-c2sc(COCc3ccc4ccccc4c3)nc2-c2ccc(F)cc2)cc1. The van der Waals surface area contributed by atoms with Crippen molar-refractivity contribution in [1.82, 2.24) is 4.98 Å². The van der Waals surface area contributed by atoms with Gasteiger partial charge in [0.1, 0.15) is 10.8 Å². The summed E-state index contributed by atoms with van der Waals surface area (Å²) < 4.78 is 43.2. The third kappa shape index (κ3) is 5.32. The number of benzene rings is 4. The molecule has 0 spiro atoms. The van der Waals surface area contributed by atoms with Crippen LogP contribution in [0.15, 0.2) is 95.9 Å². The molecular weight excluding hydrogens is 481 g/mol. The maximum atomic E-state index is 13.5. The van der Waals surface area contributed by atoms with Gasteiger partial charge in [-0.25, -0.2) is 17.8 Å². The van der Waals surface area contributed by atoms with Crippen LogP contribution in [0, 0.1) is 5.82 Å². The van der Waals surface area contributed by atoms with Crippen LogP contribution >= 0.6 is 11.3 Å². The fourth-order valence-corrected chi connectivity index (χ4v) is 5.52. The van der Waals surface area contributed by atoms with Gasteiger partial charge in [0.2, 0.25) is 0 Å². The van der Waals surface area contributed by atoms with E-state index < -0.39 is 9.84 Å². The lowest BCUT2D eigenvalue weighted by Crippen LogP contribution is -1.96. The van der Waals surface area contributed by atoms with E-state index in [0.717, 1.165) is 26.6 Å². The van der Waals surface area contributed by atoms with Crippen molar-refractivity contribution in [3.05, 3.63) is 107 Å². The zero-order chi connectivity index (χ0) is 24.4. The van der Waals surface area contributed by atoms with Gasteiger partial charge in [0.15, 0.2) is 9.84 Å². The van der Waals surface area contributed by atoms with E-state index in [4.69, 9.17) is 9.72 Å². The number of sulfone groups is 1. The molecule has 4 nitrogen and oxygen atoms in total. The molecule has 5 rings (SSSR count). The van der Waals surface area contributed by atoms with Crippen LogP contribution in [0.2, 0.25) is 0 Å². The highest BCUT2D eigenvalue weighted by Gasteiger charge is 2.16. The van der Waals surface area contributed by atoms with Crippen LogP contribution < -0.4 is 0 Å². The highest BCUT2D eigenvalue weighted by atomic mass is 32.2. The van der Waals surface area contributed by atoms with E-state index in [1.165, 1.54) is 40.5 Å². The number of nitrogens with zero attached hydrogens (tertiary/aromatic N) is 1. The van der Waals surface area contributed by atoms with Crippen LogP contribution in [0.25, 0.3) is 32.5 Å². The summed E-state index contributed by atoms with van der Waals surface area (Å²) >= 11 is 1.48. The summed E-state index contributed by atoms with van der Waals surface area (Å²) in [5, 5.41) is 3.14. The lowest BCUT2D eigenvalue weighted by atomic mass is 10.1. The van der Waals surface area contributed by atoms with Crippen LogP contribution in [0.3, 0.4) is 0 Å². The molecule has 0 bridgehead atoms. The normalized spacial score (nSPS) is 11.7. The lowest BCUT2D eigenvalue weighted by Gasteiger charge is -2.04. The Morgan fingerprint density at radius 1 is 0.829 bits per heavy atom. The Balaban J connectivity index is 1.41. The van der Waals surface area contributed by atoms with Gasteiger partial charge in [-0.3, -0.25) is 0 Å². The number of halogens is 1. The van der Waals surface area contributed by atoms with Crippen molar-refractivity contribution in [3.63, 3.8) is 0 Å². The summed E-state index contributed by atoms with van der Waals surface area (Å²) in [6.07, 6.45) is 1.18. The monoisotopic (exact) mass is 503 g/mol. The second-order valence-corrected chi connectivity index (χ2v) is 11.4. The third-order valence-electron chi connectivity index (χ3n) is 5.64. The molecule has 0 aliphatic rings. The highest BCUT2D eigenvalue weighted by Crippen LogP contribution is 2.37. The summed E-state index contributed by atoms with van der Waals surface area (Å²) in [7, 11) is -3.29. The van der Waals surface area contributed by atoms with Gasteiger partial charge in [0.05, 0.1) is 28.7 Å². The Labute approximate surface area is 207 Å². The van der Waals surface area contributed by atoms with Crippen LogP contribution in [-0.4, -0.2) is 19.7 Å². The molecule has 5 aromatic rings. The fourth-order valence-electron chi connectivity index (χ4n) is 3.86. The average Bonchev–Trinajstić information content (AvgIpc) is 3.28. The number of aromatic nitrogens is 1. The van der Waals surface area contributed by atoms with E-state index in [1.54, 1.807) is 36.4 Å². The molecule has 0 aliphatic heterocycles. The van der Waals surface area contributed by atoms with Crippen LogP contribution in [0.1, 0.15) is 10.6 Å². The number of hydrogen-bond acceptors (Lipinski definition) is 5. The van der Waals surface area contributed by atoms with Gasteiger partial charge in [-0.2, -0.15) is 0 Å². The smallest absolute Gasteiger partial charge is 0.175 e. The molecule has 7 heteroatoms. The Bertz CT molecular complexity index is 1590. The number of ether oxygens (including phenoxy) is 1. The highest BCUT2D eigenvalue weighted by molar-refractivity contribution is 7.90. The molecule has 0 unspecified atom stereocenters. The van der Waals surface area contributed by atoms with Gasteiger partial charge in [-0.1, -0.05) is 48.5 Å². The minimum absolute atomic E-state index is 0.257. The Morgan fingerprint density at radius 2 is 1.51 bits per heavy atom. The van der Waals surface area contributed by atoms with E-state index in [1.807, 2.05) is 12.1 Å². The Morgan fingerprint density at radius 3 is 2.23 bits per heavy atom. The Hall–Kier alpha value is -3.39. The first-order valence-electron chi connectivity index (χ1n) is 11.0. The molecule has 0 radical (unpaired) electrons. The average molecular weight is 504 g/mol. The molecular formula is C28H22FNO3S2. The molecule has 0 N–H and O–H groups in total. The van der Waals surface area contributed by atoms with Gasteiger partial charge in [-0.05, 0) is 64.4 Å². The molecule has 1 aromatic heterocycles. The Kier molecular flexibility index (Phi) is 6.47. The van der Waals surface area contributed by atoms with Crippen LogP contribution in [-0.2, 0) is 27.8 Å². The maximum Gasteiger partial charge on any atom is 0.175 e. The van der Waals surface area contributed by atoms with Crippen molar-refractivity contribution in [3.8, 4) is 21.7 Å². The van der Waals surface area contributed by atoms with Gasteiger partial charge in [0.25, 0.3) is 0 Å². The van der Waals surface area contributed by atoms with E-state index in [2.05, 4.69) is 30.3 Å². The summed E-state index contributed by atoms with van der Waals surface area (Å²) in [6.45, 7) is 0.780. The zero-order valence-corrected chi connectivity index (χ0v) is 20.6. The molecule has 176 valence electrons. The van der Waals surface area contributed by atoms with E-state index >= 15 is 0 Å². The third-order valence-corrected chi connectivity index (χ3v) is 7.85. The molecule has 0 saturated carbocycles. The van der Waals surface area contributed by atoms with E-state index in [0.29, 0.717) is 18.9 Å². The fraction of sp³-hybridized carbons (Fsp3) is 0.107. The van der Waals surface area contributed by atoms with Crippen molar-refractivity contribution in [2.75, 3.05) is 6.26 Å². The van der Waals surface area contributed by atoms with Crippen molar-refractivity contribution in [2.45, 2.75) is 18.1 Å². The lowest BCUT2D eigenvalue weighted by molar-refractivity contribution is 0.107. The summed E-state index contributed by atoms with van der Waals surface area (Å²) in [5.41, 5.74) is 3.42. The second-order valence-electron chi connectivity index (χ2n) is 8.26. The summed E-state index contributed by atoms with van der Waals surface area (Å²) in [5.74, 6) is -0.318. The number of thiazole rings is 1. The van der Waals surface area contributed by atoms with Crippen molar-refractivity contribution >= 4 is 31.9 Å². The van der Waals surface area contributed by atoms with Gasteiger partial charge in [0, 0.05) is 11.8 Å². The minimum Gasteiger partial charge on any atom is -0.370 e. The molecule has 0 saturated heterocycles. The summed E-state index contributed by atoms with van der Waals surface area (Å²) in [6, 6.07) is 27.4. The molecule has 0 amide bonds. The molecule has 35 heavy (non-hydrogen) atoms. The summed E-state index contributed by atoms with van der Waals surface area (Å²) in [4.78, 5) is 5.92. The maximum absolute atomic E-state index is 13.5. The van der Waals surface area contributed by atoms with Gasteiger partial charge >= 0.3 is 0 Å². The first-order chi connectivity index (χ1) is 16.9. The largest absolute Gasteiger partial charge is 0.370 e. The number of fused-ring (bicyclic) bond motifs is 1. The zero-order valence-electron chi connectivity index (χ0n) is 18.9. The quantitative estimate of drug-likeness (QED) is 0.243. The standard InChI is InChI=1S/C28H22FNO3S2/c1-35(31,32)25-14-10-22(11-15-25)28-27(21-8-12-24(29)13-9-21)30-26(34-28)18-33-17-19-6-7-20-4-2-3-5-23(20)16-19/h2-16H,17-18H2,1H3. The molecule has 0 fully saturated rings. The molecule has 1 heterocycles. The van der Waals surface area contributed by atoms with Gasteiger partial charge in [-0.15, -0.1) is 11.3 Å². The molecule has 4 aromatic carbocycles. The predicted octanol–water partition coefficient (Wildman–Crippen LogP) is 6.89.